The van der Waals surface area contributed by atoms with Gasteiger partial charge in [0, 0.05) is 21.1 Å². The van der Waals surface area contributed by atoms with E-state index >= 15 is 0 Å². The summed E-state index contributed by atoms with van der Waals surface area (Å²) in [6.07, 6.45) is 0.609. The van der Waals surface area contributed by atoms with Crippen LogP contribution >= 0.6 is 0 Å². The Morgan fingerprint density at radius 1 is 1.67 bits per heavy atom. The van der Waals surface area contributed by atoms with Crippen LogP contribution in [0.4, 0.5) is 16.6 Å². The number of nitrogen functional groups attached to an aromatic ring is 1. The summed E-state index contributed by atoms with van der Waals surface area (Å²) in [6, 6.07) is -0.365. The zero-order chi connectivity index (χ0) is 11.6. The van der Waals surface area contributed by atoms with E-state index in [-0.39, 0.29) is 23.5 Å². The lowest BCUT2D eigenvalue weighted by molar-refractivity contribution is 0.111. The molecule has 15 heavy (non-hydrogen) atoms. The van der Waals surface area contributed by atoms with E-state index in [2.05, 4.69) is 10.3 Å². The molecule has 0 atom stereocenters. The number of rotatable bonds is 2. The summed E-state index contributed by atoms with van der Waals surface area (Å²) in [5.74, 6) is 0.423. The number of aromatic nitrogens is 2. The van der Waals surface area contributed by atoms with Gasteiger partial charge in [0.25, 0.3) is 0 Å². The highest BCUT2D eigenvalue weighted by molar-refractivity contribution is 5.95. The van der Waals surface area contributed by atoms with Crippen molar-refractivity contribution in [3.05, 3.63) is 5.69 Å². The summed E-state index contributed by atoms with van der Waals surface area (Å²) >= 11 is 0. The maximum absolute atomic E-state index is 11.3. The average Bonchev–Trinajstić information content (AvgIpc) is 2.53. The third kappa shape index (κ3) is 1.76. The van der Waals surface area contributed by atoms with Crippen LogP contribution in [-0.2, 0) is 7.05 Å². The second kappa shape index (κ2) is 3.99. The Kier molecular flexibility index (Phi) is 2.93. The van der Waals surface area contributed by atoms with Crippen LogP contribution in [0.3, 0.4) is 0 Å². The molecule has 0 aromatic carbocycles. The van der Waals surface area contributed by atoms with E-state index < -0.39 is 0 Å². The van der Waals surface area contributed by atoms with Crippen molar-refractivity contribution in [2.75, 3.05) is 24.7 Å². The minimum absolute atomic E-state index is 0.183. The van der Waals surface area contributed by atoms with Crippen LogP contribution in [0.5, 0.6) is 0 Å². The Morgan fingerprint density at radius 3 is 2.73 bits per heavy atom. The number of carbonyl (C=O) groups excluding carboxylic acids is 2. The minimum Gasteiger partial charge on any atom is -0.369 e. The molecule has 0 bridgehead atoms. The number of nitrogens with one attached hydrogen (secondary N) is 1. The molecule has 82 valence electrons. The maximum Gasteiger partial charge on any atom is 0.322 e. The van der Waals surface area contributed by atoms with E-state index in [1.165, 1.54) is 23.6 Å². The molecule has 0 unspecified atom stereocenters. The molecule has 0 aliphatic rings. The van der Waals surface area contributed by atoms with Gasteiger partial charge in [0.15, 0.2) is 12.1 Å². The SMILES string of the molecule is CNC(=O)N(C)c1nc(N)n(C)c1C=O. The van der Waals surface area contributed by atoms with Crippen molar-refractivity contribution >= 4 is 24.1 Å². The highest BCUT2D eigenvalue weighted by Gasteiger charge is 2.19. The third-order valence-electron chi connectivity index (χ3n) is 2.10. The van der Waals surface area contributed by atoms with Gasteiger partial charge in [0.1, 0.15) is 5.69 Å². The second-order valence-corrected chi connectivity index (χ2v) is 2.97. The molecule has 1 heterocycles. The molecular weight excluding hydrogens is 198 g/mol. The molecule has 0 radical (unpaired) electrons. The van der Waals surface area contributed by atoms with Gasteiger partial charge < -0.3 is 15.6 Å². The van der Waals surface area contributed by atoms with Crippen molar-refractivity contribution in [1.82, 2.24) is 14.9 Å². The molecular formula is C8H13N5O2. The number of imidazole rings is 1. The van der Waals surface area contributed by atoms with Crippen LogP contribution < -0.4 is 16.0 Å². The fraction of sp³-hybridized carbons (Fsp3) is 0.375. The Balaban J connectivity index is 3.19. The van der Waals surface area contributed by atoms with Crippen molar-refractivity contribution in [3.63, 3.8) is 0 Å². The number of hydrogen-bond acceptors (Lipinski definition) is 4. The van der Waals surface area contributed by atoms with Crippen molar-refractivity contribution < 1.29 is 9.59 Å². The Bertz CT molecular complexity index is 398. The van der Waals surface area contributed by atoms with Crippen molar-refractivity contribution in [2.24, 2.45) is 7.05 Å². The van der Waals surface area contributed by atoms with Gasteiger partial charge in [0.05, 0.1) is 0 Å². The standard InChI is InChI=1S/C8H13N5O2/c1-10-8(15)13(3)6-5(4-14)12(2)7(9)11-6/h4H,1-3H3,(H2,9,11)(H,10,15). The number of nitrogens with two attached hydrogens (primary N) is 1. The highest BCUT2D eigenvalue weighted by Crippen LogP contribution is 2.18. The lowest BCUT2D eigenvalue weighted by Crippen LogP contribution is -2.35. The number of hydrogen-bond donors (Lipinski definition) is 2. The predicted molar refractivity (Wildman–Crippen MR) is 55.9 cm³/mol. The Hall–Kier alpha value is -2.05. The smallest absolute Gasteiger partial charge is 0.322 e. The first-order valence-electron chi connectivity index (χ1n) is 4.25. The van der Waals surface area contributed by atoms with E-state index in [4.69, 9.17) is 5.73 Å². The summed E-state index contributed by atoms with van der Waals surface area (Å²) in [4.78, 5) is 27.3. The van der Waals surface area contributed by atoms with Crippen molar-refractivity contribution in [2.45, 2.75) is 0 Å². The lowest BCUT2D eigenvalue weighted by atomic mass is 10.4. The van der Waals surface area contributed by atoms with Gasteiger partial charge in [-0.3, -0.25) is 9.69 Å². The number of nitrogens with zero attached hydrogens (tertiary/aromatic N) is 3. The summed E-state index contributed by atoms with van der Waals surface area (Å²) < 4.78 is 1.42. The first-order chi connectivity index (χ1) is 7.02. The van der Waals surface area contributed by atoms with E-state index in [1.807, 2.05) is 0 Å². The fourth-order valence-electron chi connectivity index (χ4n) is 1.16. The molecule has 3 N–H and O–H groups in total. The van der Waals surface area contributed by atoms with Gasteiger partial charge >= 0.3 is 6.03 Å². The first-order valence-corrected chi connectivity index (χ1v) is 4.25. The van der Waals surface area contributed by atoms with Crippen LogP contribution in [0.2, 0.25) is 0 Å². The zero-order valence-corrected chi connectivity index (χ0v) is 8.81. The van der Waals surface area contributed by atoms with Crippen molar-refractivity contribution in [3.8, 4) is 0 Å². The summed E-state index contributed by atoms with van der Waals surface area (Å²) in [5, 5.41) is 2.42. The number of urea groups is 1. The van der Waals surface area contributed by atoms with Gasteiger partial charge in [-0.15, -0.1) is 0 Å². The summed E-state index contributed by atoms with van der Waals surface area (Å²) in [6.45, 7) is 0. The largest absolute Gasteiger partial charge is 0.369 e. The number of amides is 2. The van der Waals surface area contributed by atoms with Crippen LogP contribution in [-0.4, -0.2) is 36.0 Å². The van der Waals surface area contributed by atoms with E-state index in [0.29, 0.717) is 6.29 Å². The quantitative estimate of drug-likeness (QED) is 0.650. The van der Waals surface area contributed by atoms with Gasteiger partial charge in [-0.05, 0) is 0 Å². The lowest BCUT2D eigenvalue weighted by Gasteiger charge is -2.13. The van der Waals surface area contributed by atoms with E-state index in [1.54, 1.807) is 7.05 Å². The maximum atomic E-state index is 11.3. The molecule has 0 saturated heterocycles. The van der Waals surface area contributed by atoms with Gasteiger partial charge in [0.2, 0.25) is 5.95 Å². The topological polar surface area (TPSA) is 93.2 Å². The zero-order valence-electron chi connectivity index (χ0n) is 8.81. The molecule has 0 aliphatic carbocycles. The molecule has 0 saturated carbocycles. The van der Waals surface area contributed by atoms with Gasteiger partial charge in [-0.25, -0.2) is 4.79 Å². The molecule has 1 rings (SSSR count). The van der Waals surface area contributed by atoms with Gasteiger partial charge in [-0.2, -0.15) is 4.98 Å². The molecule has 0 fully saturated rings. The molecule has 1 aromatic rings. The van der Waals surface area contributed by atoms with Gasteiger partial charge in [-0.1, -0.05) is 0 Å². The van der Waals surface area contributed by atoms with Crippen LogP contribution in [0.1, 0.15) is 10.5 Å². The fourth-order valence-corrected chi connectivity index (χ4v) is 1.16. The minimum atomic E-state index is -0.365. The Morgan fingerprint density at radius 2 is 2.27 bits per heavy atom. The molecule has 1 aromatic heterocycles. The average molecular weight is 211 g/mol. The number of anilines is 2. The molecule has 0 spiro atoms. The highest BCUT2D eigenvalue weighted by atomic mass is 16.2. The van der Waals surface area contributed by atoms with E-state index in [0.717, 1.165) is 0 Å². The monoisotopic (exact) mass is 211 g/mol. The molecule has 0 aliphatic heterocycles. The summed E-state index contributed by atoms with van der Waals surface area (Å²) in [7, 11) is 4.60. The van der Waals surface area contributed by atoms with Crippen LogP contribution in [0, 0.1) is 0 Å². The second-order valence-electron chi connectivity index (χ2n) is 2.97. The van der Waals surface area contributed by atoms with Crippen molar-refractivity contribution in [1.29, 1.82) is 0 Å². The molecule has 2 amide bonds. The molecule has 7 nitrogen and oxygen atoms in total. The third-order valence-corrected chi connectivity index (χ3v) is 2.10. The van der Waals surface area contributed by atoms with Crippen LogP contribution in [0.15, 0.2) is 0 Å². The van der Waals surface area contributed by atoms with Crippen LogP contribution in [0.25, 0.3) is 0 Å². The Labute approximate surface area is 86.9 Å². The number of carbonyl (C=O) groups is 2. The normalized spacial score (nSPS) is 9.80. The molecule has 7 heteroatoms. The number of aldehydes is 1. The first kappa shape index (κ1) is 11.0. The summed E-state index contributed by atoms with van der Waals surface area (Å²) in [5.41, 5.74) is 5.79. The predicted octanol–water partition coefficient (Wildman–Crippen LogP) is -0.410. The van der Waals surface area contributed by atoms with E-state index in [9.17, 15) is 9.59 Å².